The van der Waals surface area contributed by atoms with Gasteiger partial charge in [0.15, 0.2) is 0 Å². The molecular weight excluding hydrogens is 760 g/mol. The summed E-state index contributed by atoms with van der Waals surface area (Å²) in [7, 11) is -4.82. The van der Waals surface area contributed by atoms with Gasteiger partial charge in [0, 0.05) is 0 Å². The van der Waals surface area contributed by atoms with Crippen LogP contribution in [0, 0.1) is 0 Å². The first-order chi connectivity index (χ1) is 27.3. The van der Waals surface area contributed by atoms with E-state index >= 15 is 0 Å². The molecule has 7 nitrogen and oxygen atoms in total. The number of hydrogen-bond acceptors (Lipinski definition) is 7. The van der Waals surface area contributed by atoms with Crippen molar-refractivity contribution >= 4 is 22.1 Å². The second-order valence-electron chi connectivity index (χ2n) is 15.7. The fraction of sp³-hybridized carbons (Fsp3) is 0.750. The summed E-state index contributed by atoms with van der Waals surface area (Å²) in [5, 5.41) is 0. The van der Waals surface area contributed by atoms with Gasteiger partial charge < -0.3 is 14.0 Å². The van der Waals surface area contributed by atoms with Gasteiger partial charge >= 0.3 is 63.3 Å². The molecule has 0 amide bonds. The van der Waals surface area contributed by atoms with Gasteiger partial charge in [-0.05, 0) is 82.4 Å². The molecule has 0 saturated heterocycles. The van der Waals surface area contributed by atoms with E-state index in [9.17, 15) is 22.6 Å². The Hall–Kier alpha value is -0.814. The minimum Gasteiger partial charge on any atom is -0.744 e. The number of unbranched alkanes of at least 4 members (excludes halogenated alkanes) is 28. The number of carbonyl (C=O) groups is 2. The zero-order chi connectivity index (χ0) is 40.8. The maximum absolute atomic E-state index is 12.9. The van der Waals surface area contributed by atoms with Crippen LogP contribution in [0.15, 0.2) is 47.4 Å². The van der Waals surface area contributed by atoms with Crippen LogP contribution in [-0.4, -0.2) is 38.1 Å². The summed E-state index contributed by atoms with van der Waals surface area (Å²) >= 11 is 0. The first kappa shape index (κ1) is 56.2. The average molecular weight is 841 g/mol. The van der Waals surface area contributed by atoms with Crippen molar-refractivity contribution < 1.29 is 83.4 Å². The van der Waals surface area contributed by atoms with E-state index in [1.54, 1.807) is 0 Å². The smallest absolute Gasteiger partial charge is 0.744 e. The minimum atomic E-state index is -4.82. The van der Waals surface area contributed by atoms with Crippen molar-refractivity contribution in [3.05, 3.63) is 53.6 Å². The molecule has 0 aliphatic heterocycles. The molecule has 0 aromatic heterocycles. The molecule has 322 valence electrons. The Balaban J connectivity index is 0.0000314. The maximum Gasteiger partial charge on any atom is 1.00 e. The van der Waals surface area contributed by atoms with Crippen molar-refractivity contribution in [2.24, 2.45) is 0 Å². The number of benzene rings is 1. The van der Waals surface area contributed by atoms with Crippen LogP contribution in [0.3, 0.4) is 0 Å². The first-order valence-electron chi connectivity index (χ1n) is 23.0. The predicted octanol–water partition coefficient (Wildman–Crippen LogP) is 11.5. The monoisotopic (exact) mass is 841 g/mol. The normalized spacial score (nSPS) is 11.7. The summed E-state index contributed by atoms with van der Waals surface area (Å²) in [4.78, 5) is 25.3. The van der Waals surface area contributed by atoms with Gasteiger partial charge in [-0.25, -0.2) is 18.0 Å². The Labute approximate surface area is 392 Å². The van der Waals surface area contributed by atoms with Crippen LogP contribution in [0.2, 0.25) is 0 Å². The predicted molar refractivity (Wildman–Crippen MR) is 232 cm³/mol. The van der Waals surface area contributed by atoms with Crippen LogP contribution in [0.25, 0.3) is 0 Å². The van der Waals surface area contributed by atoms with E-state index in [1.807, 2.05) is 0 Å². The Morgan fingerprint density at radius 2 is 0.772 bits per heavy atom. The van der Waals surface area contributed by atoms with Crippen molar-refractivity contribution in [3.63, 3.8) is 0 Å². The van der Waals surface area contributed by atoms with Crippen LogP contribution >= 0.6 is 0 Å². The molecule has 0 atom stereocenters. The second-order valence-corrected chi connectivity index (χ2v) is 17.1. The molecule has 1 aromatic carbocycles. The number of ether oxygens (including phenoxy) is 2. The van der Waals surface area contributed by atoms with Gasteiger partial charge in [0.1, 0.15) is 10.1 Å². The first-order valence-corrected chi connectivity index (χ1v) is 24.5. The fourth-order valence-corrected chi connectivity index (χ4v) is 7.41. The molecule has 0 N–H and O–H groups in total. The third-order valence-corrected chi connectivity index (χ3v) is 11.3. The zero-order valence-corrected chi connectivity index (χ0v) is 40.8. The Bertz CT molecular complexity index is 1280. The summed E-state index contributed by atoms with van der Waals surface area (Å²) < 4.78 is 45.8. The quantitative estimate of drug-likeness (QED) is 0.0213. The van der Waals surface area contributed by atoms with E-state index in [4.69, 9.17) is 9.47 Å². The van der Waals surface area contributed by atoms with Gasteiger partial charge in [0.05, 0.1) is 29.2 Å². The second kappa shape index (κ2) is 40.6. The van der Waals surface area contributed by atoms with Crippen molar-refractivity contribution in [1.29, 1.82) is 0 Å². The average Bonchev–Trinajstić information content (AvgIpc) is 3.18. The maximum atomic E-state index is 12.9. The summed E-state index contributed by atoms with van der Waals surface area (Å²) in [6.45, 7) is 4.87. The Kier molecular flexibility index (Phi) is 40.0. The molecule has 0 aliphatic rings. The van der Waals surface area contributed by atoms with Crippen LogP contribution < -0.4 is 51.4 Å². The van der Waals surface area contributed by atoms with E-state index in [2.05, 4.69) is 38.2 Å². The summed E-state index contributed by atoms with van der Waals surface area (Å²) in [5.74, 6) is -1.56. The molecule has 0 fully saturated rings. The molecule has 0 aliphatic carbocycles. The molecule has 0 bridgehead atoms. The van der Waals surface area contributed by atoms with E-state index < -0.39 is 27.0 Å². The van der Waals surface area contributed by atoms with Crippen LogP contribution in [0.5, 0.6) is 0 Å². The molecule has 0 radical (unpaired) electrons. The minimum absolute atomic E-state index is 0. The van der Waals surface area contributed by atoms with Gasteiger partial charge in [0.25, 0.3) is 0 Å². The van der Waals surface area contributed by atoms with Gasteiger partial charge in [-0.3, -0.25) is 0 Å². The number of allylic oxidation sites excluding steroid dienone is 4. The van der Waals surface area contributed by atoms with E-state index in [0.717, 1.165) is 82.4 Å². The largest absolute Gasteiger partial charge is 1.00 e. The summed E-state index contributed by atoms with van der Waals surface area (Å²) in [5.41, 5.74) is -0.352. The Morgan fingerprint density at radius 1 is 0.474 bits per heavy atom. The van der Waals surface area contributed by atoms with Crippen molar-refractivity contribution in [2.45, 2.75) is 224 Å². The molecule has 0 unspecified atom stereocenters. The molecule has 1 rings (SSSR count). The standard InChI is InChI=1S/C48H82O7S.K/c1-3-5-7-9-11-13-15-17-19-21-23-25-27-29-31-33-35-37-41-54-47(49)45-40-39-44(56(51,52)53)43-46(45)48(50)55-42-38-36-34-32-30-28-26-24-22-20-18-16-14-12-10-8-6-4-2;/h23-26,39-40,43H,3-22,27-38,41-42H2,1-2H3,(H,51,52,53);/q;+1/p-1/b25-23+,26-24+;. The van der Waals surface area contributed by atoms with E-state index in [0.29, 0.717) is 12.8 Å². The van der Waals surface area contributed by atoms with Crippen LogP contribution in [-0.2, 0) is 19.6 Å². The number of carbonyl (C=O) groups excluding carboxylic acids is 2. The van der Waals surface area contributed by atoms with Crippen molar-refractivity contribution in [2.75, 3.05) is 13.2 Å². The molecule has 0 heterocycles. The number of esters is 2. The van der Waals surface area contributed by atoms with Crippen molar-refractivity contribution in [1.82, 2.24) is 0 Å². The van der Waals surface area contributed by atoms with Gasteiger partial charge in [0.2, 0.25) is 0 Å². The number of rotatable bonds is 39. The molecular formula is C48H81KO7S. The summed E-state index contributed by atoms with van der Waals surface area (Å²) in [6, 6.07) is 3.13. The topological polar surface area (TPSA) is 110 Å². The third kappa shape index (κ3) is 33.6. The van der Waals surface area contributed by atoms with Crippen LogP contribution in [0.1, 0.15) is 240 Å². The molecule has 0 spiro atoms. The van der Waals surface area contributed by atoms with Gasteiger partial charge in [-0.2, -0.15) is 0 Å². The number of hydrogen-bond donors (Lipinski definition) is 0. The molecule has 0 saturated carbocycles. The van der Waals surface area contributed by atoms with E-state index in [1.165, 1.54) is 128 Å². The zero-order valence-electron chi connectivity index (χ0n) is 36.8. The molecule has 57 heavy (non-hydrogen) atoms. The molecule has 1 aromatic rings. The fourth-order valence-electron chi connectivity index (χ4n) is 6.92. The molecule has 9 heteroatoms. The van der Waals surface area contributed by atoms with Crippen molar-refractivity contribution in [3.8, 4) is 0 Å². The summed E-state index contributed by atoms with van der Waals surface area (Å²) in [6.07, 6.45) is 47.9. The SMILES string of the molecule is CCCCCCCCCCC/C=C/CCCCCCCOC(=O)c1ccc(S(=O)(=O)[O-])cc1C(=O)OCCCCCCC/C=C/CCCCCCCCCCC.[K+]. The van der Waals surface area contributed by atoms with E-state index in [-0.39, 0.29) is 75.7 Å². The van der Waals surface area contributed by atoms with Gasteiger partial charge in [-0.1, -0.05) is 179 Å². The van der Waals surface area contributed by atoms with Crippen LogP contribution in [0.4, 0.5) is 0 Å². The third-order valence-electron chi connectivity index (χ3n) is 10.5. The van der Waals surface area contributed by atoms with Gasteiger partial charge in [-0.15, -0.1) is 0 Å². The Morgan fingerprint density at radius 3 is 1.11 bits per heavy atom.